The number of amides is 2. The average molecular weight is 426 g/mol. The minimum atomic E-state index is -0.141. The molecule has 0 unspecified atom stereocenters. The average Bonchev–Trinajstić information content (AvgIpc) is 2.79. The first-order valence-electron chi connectivity index (χ1n) is 11.0. The van der Waals surface area contributed by atoms with Gasteiger partial charge in [-0.3, -0.25) is 9.59 Å². The molecule has 0 saturated carbocycles. The standard InChI is InChI=1S/C23H31N5O3/c1-17-15-21(27-11-13-31-14-12-27)25-20-4-3-18(16-19(17)20)24-22(29)5-6-23(30)28-9-7-26(2)8-10-28/h3-4,15-16H,5-14H2,1-2H3,(H,24,29). The van der Waals surface area contributed by atoms with E-state index in [9.17, 15) is 9.59 Å². The van der Waals surface area contributed by atoms with E-state index < -0.39 is 0 Å². The lowest BCUT2D eigenvalue weighted by molar-refractivity contribution is -0.134. The second-order valence-corrected chi connectivity index (χ2v) is 8.36. The van der Waals surface area contributed by atoms with Gasteiger partial charge in [-0.25, -0.2) is 4.98 Å². The number of morpholine rings is 1. The topological polar surface area (TPSA) is 78.0 Å². The Hall–Kier alpha value is -2.71. The minimum absolute atomic E-state index is 0.0532. The number of hydrogen-bond acceptors (Lipinski definition) is 6. The van der Waals surface area contributed by atoms with Crippen LogP contribution in [0.3, 0.4) is 0 Å². The van der Waals surface area contributed by atoms with Crippen LogP contribution in [0.15, 0.2) is 24.3 Å². The monoisotopic (exact) mass is 425 g/mol. The maximum Gasteiger partial charge on any atom is 0.224 e. The van der Waals surface area contributed by atoms with Crippen molar-refractivity contribution in [1.29, 1.82) is 0 Å². The van der Waals surface area contributed by atoms with Crippen LogP contribution in [0.2, 0.25) is 0 Å². The van der Waals surface area contributed by atoms with Crippen molar-refractivity contribution in [3.63, 3.8) is 0 Å². The van der Waals surface area contributed by atoms with Gasteiger partial charge in [0, 0.05) is 63.2 Å². The summed E-state index contributed by atoms with van der Waals surface area (Å²) in [5.74, 6) is 0.877. The molecule has 0 atom stereocenters. The van der Waals surface area contributed by atoms with E-state index in [1.54, 1.807) is 0 Å². The van der Waals surface area contributed by atoms with Crippen molar-refractivity contribution in [2.24, 2.45) is 0 Å². The van der Waals surface area contributed by atoms with E-state index in [0.717, 1.165) is 80.5 Å². The Morgan fingerprint density at radius 2 is 1.77 bits per heavy atom. The van der Waals surface area contributed by atoms with Gasteiger partial charge in [-0.1, -0.05) is 0 Å². The maximum absolute atomic E-state index is 12.4. The number of nitrogens with zero attached hydrogens (tertiary/aromatic N) is 4. The van der Waals surface area contributed by atoms with Crippen LogP contribution >= 0.6 is 0 Å². The minimum Gasteiger partial charge on any atom is -0.378 e. The van der Waals surface area contributed by atoms with Crippen molar-refractivity contribution in [2.45, 2.75) is 19.8 Å². The Balaban J connectivity index is 1.36. The molecule has 2 saturated heterocycles. The smallest absolute Gasteiger partial charge is 0.224 e. The van der Waals surface area contributed by atoms with Gasteiger partial charge in [0.2, 0.25) is 11.8 Å². The third-order valence-corrected chi connectivity index (χ3v) is 6.04. The number of piperazine rings is 1. The predicted molar refractivity (Wildman–Crippen MR) is 121 cm³/mol. The zero-order valence-electron chi connectivity index (χ0n) is 18.4. The fourth-order valence-electron chi connectivity index (χ4n) is 4.07. The van der Waals surface area contributed by atoms with Crippen LogP contribution in [0.5, 0.6) is 0 Å². The highest BCUT2D eigenvalue weighted by Crippen LogP contribution is 2.26. The van der Waals surface area contributed by atoms with Gasteiger partial charge in [-0.2, -0.15) is 0 Å². The molecule has 8 heteroatoms. The fraction of sp³-hybridized carbons (Fsp3) is 0.522. The van der Waals surface area contributed by atoms with Crippen molar-refractivity contribution in [2.75, 3.05) is 69.7 Å². The largest absolute Gasteiger partial charge is 0.378 e. The highest BCUT2D eigenvalue weighted by molar-refractivity contribution is 5.96. The summed E-state index contributed by atoms with van der Waals surface area (Å²) in [6.45, 7) is 8.44. The van der Waals surface area contributed by atoms with Crippen LogP contribution < -0.4 is 10.2 Å². The number of hydrogen-bond donors (Lipinski definition) is 1. The van der Waals surface area contributed by atoms with Gasteiger partial charge in [-0.15, -0.1) is 0 Å². The molecule has 2 fully saturated rings. The van der Waals surface area contributed by atoms with Crippen LogP contribution in [0.1, 0.15) is 18.4 Å². The number of carbonyl (C=O) groups is 2. The molecule has 8 nitrogen and oxygen atoms in total. The van der Waals surface area contributed by atoms with Crippen molar-refractivity contribution < 1.29 is 14.3 Å². The highest BCUT2D eigenvalue weighted by Gasteiger charge is 2.20. The molecule has 4 rings (SSSR count). The molecule has 0 aliphatic carbocycles. The molecule has 2 aliphatic heterocycles. The third-order valence-electron chi connectivity index (χ3n) is 6.04. The molecule has 31 heavy (non-hydrogen) atoms. The van der Waals surface area contributed by atoms with Crippen molar-refractivity contribution in [1.82, 2.24) is 14.8 Å². The van der Waals surface area contributed by atoms with Crippen LogP contribution in [0.4, 0.5) is 11.5 Å². The summed E-state index contributed by atoms with van der Waals surface area (Å²) in [7, 11) is 2.06. The quantitative estimate of drug-likeness (QED) is 0.788. The second kappa shape index (κ2) is 9.62. The number of nitrogens with one attached hydrogen (secondary N) is 1. The highest BCUT2D eigenvalue weighted by atomic mass is 16.5. The molecule has 3 heterocycles. The molecule has 0 bridgehead atoms. The molecule has 2 aliphatic rings. The van der Waals surface area contributed by atoms with Crippen molar-refractivity contribution >= 4 is 34.2 Å². The van der Waals surface area contributed by atoms with Crippen LogP contribution in [-0.4, -0.2) is 86.1 Å². The first-order valence-corrected chi connectivity index (χ1v) is 11.0. The van der Waals surface area contributed by atoms with E-state index in [-0.39, 0.29) is 24.7 Å². The predicted octanol–water partition coefficient (Wildman–Crippen LogP) is 1.87. The summed E-state index contributed by atoms with van der Waals surface area (Å²) in [5, 5.41) is 3.95. The first kappa shape index (κ1) is 21.5. The number of ether oxygens (including phenoxy) is 1. The second-order valence-electron chi connectivity index (χ2n) is 8.36. The molecular formula is C23H31N5O3. The molecule has 0 radical (unpaired) electrons. The summed E-state index contributed by atoms with van der Waals surface area (Å²) in [4.78, 5) is 35.9. The Morgan fingerprint density at radius 3 is 2.52 bits per heavy atom. The number of anilines is 2. The van der Waals surface area contributed by atoms with E-state index in [1.165, 1.54) is 0 Å². The molecule has 2 aromatic rings. The lowest BCUT2D eigenvalue weighted by Gasteiger charge is -2.32. The number of rotatable bonds is 5. The van der Waals surface area contributed by atoms with E-state index >= 15 is 0 Å². The number of benzene rings is 1. The van der Waals surface area contributed by atoms with Crippen molar-refractivity contribution in [3.05, 3.63) is 29.8 Å². The normalized spacial score (nSPS) is 17.7. The molecule has 2 amide bonds. The van der Waals surface area contributed by atoms with Gasteiger partial charge >= 0.3 is 0 Å². The number of fused-ring (bicyclic) bond motifs is 1. The number of likely N-dealkylation sites (N-methyl/N-ethyl adjacent to an activating group) is 1. The zero-order valence-corrected chi connectivity index (χ0v) is 18.4. The summed E-state index contributed by atoms with van der Waals surface area (Å²) < 4.78 is 5.43. The van der Waals surface area contributed by atoms with Gasteiger partial charge in [0.05, 0.1) is 18.7 Å². The lowest BCUT2D eigenvalue weighted by Crippen LogP contribution is -2.47. The first-order chi connectivity index (χ1) is 15.0. The summed E-state index contributed by atoms with van der Waals surface area (Å²) in [6, 6.07) is 7.87. The van der Waals surface area contributed by atoms with E-state index in [2.05, 4.69) is 35.2 Å². The number of carbonyl (C=O) groups excluding carboxylic acids is 2. The summed E-state index contributed by atoms with van der Waals surface area (Å²) in [6.07, 6.45) is 0.434. The Labute approximate surface area is 183 Å². The molecule has 0 spiro atoms. The molecule has 1 aromatic carbocycles. The molecule has 1 N–H and O–H groups in total. The zero-order chi connectivity index (χ0) is 21.8. The van der Waals surface area contributed by atoms with Gasteiger partial charge < -0.3 is 24.8 Å². The van der Waals surface area contributed by atoms with Gasteiger partial charge in [0.1, 0.15) is 5.82 Å². The summed E-state index contributed by atoms with van der Waals surface area (Å²) >= 11 is 0. The fourth-order valence-corrected chi connectivity index (χ4v) is 4.07. The third kappa shape index (κ3) is 5.32. The van der Waals surface area contributed by atoms with Gasteiger partial charge in [0.15, 0.2) is 0 Å². The Bertz CT molecular complexity index is 950. The molecular weight excluding hydrogens is 394 g/mol. The number of aromatic nitrogens is 1. The van der Waals surface area contributed by atoms with Gasteiger partial charge in [-0.05, 0) is 43.8 Å². The molecule has 166 valence electrons. The van der Waals surface area contributed by atoms with E-state index in [1.807, 2.05) is 23.1 Å². The maximum atomic E-state index is 12.4. The number of pyridine rings is 1. The Kier molecular flexibility index (Phi) is 6.67. The van der Waals surface area contributed by atoms with E-state index in [4.69, 9.17) is 9.72 Å². The Morgan fingerprint density at radius 1 is 1.03 bits per heavy atom. The van der Waals surface area contributed by atoms with Crippen LogP contribution in [-0.2, 0) is 14.3 Å². The van der Waals surface area contributed by atoms with Crippen LogP contribution in [0, 0.1) is 6.92 Å². The van der Waals surface area contributed by atoms with E-state index in [0.29, 0.717) is 0 Å². The lowest BCUT2D eigenvalue weighted by atomic mass is 10.1. The molecule has 1 aromatic heterocycles. The van der Waals surface area contributed by atoms with Gasteiger partial charge in [0.25, 0.3) is 0 Å². The number of aryl methyl sites for hydroxylation is 1. The van der Waals surface area contributed by atoms with Crippen LogP contribution in [0.25, 0.3) is 10.9 Å². The van der Waals surface area contributed by atoms with Crippen molar-refractivity contribution in [3.8, 4) is 0 Å². The SMILES string of the molecule is Cc1cc(N2CCOCC2)nc2ccc(NC(=O)CCC(=O)N3CCN(C)CC3)cc12. The summed E-state index contributed by atoms with van der Waals surface area (Å²) in [5.41, 5.74) is 2.76.